The lowest BCUT2D eigenvalue weighted by Gasteiger charge is -2.42. The molecule has 1 saturated heterocycles. The number of benzene rings is 1. The molecule has 0 bridgehead atoms. The second-order valence-corrected chi connectivity index (χ2v) is 7.88. The number of piperidine rings is 1. The van der Waals surface area contributed by atoms with Crippen molar-refractivity contribution in [2.24, 2.45) is 0 Å². The fraction of sp³-hybridized carbons (Fsp3) is 0.348. The van der Waals surface area contributed by atoms with Gasteiger partial charge in [-0.2, -0.15) is 5.10 Å². The van der Waals surface area contributed by atoms with Gasteiger partial charge in [-0.05, 0) is 54.7 Å². The number of pyridine rings is 1. The summed E-state index contributed by atoms with van der Waals surface area (Å²) >= 11 is 0. The molecule has 7 nitrogen and oxygen atoms in total. The van der Waals surface area contributed by atoms with Crippen molar-refractivity contribution < 1.29 is 14.6 Å². The zero-order valence-corrected chi connectivity index (χ0v) is 16.7. The minimum atomic E-state index is -0.440. The van der Waals surface area contributed by atoms with Gasteiger partial charge in [0, 0.05) is 25.5 Å². The lowest BCUT2D eigenvalue weighted by Crippen LogP contribution is -2.48. The van der Waals surface area contributed by atoms with E-state index in [2.05, 4.69) is 11.2 Å². The van der Waals surface area contributed by atoms with E-state index in [0.29, 0.717) is 43.8 Å². The lowest BCUT2D eigenvalue weighted by molar-refractivity contribution is -0.0963. The molecule has 2 aliphatic rings. The molecule has 7 heteroatoms. The Morgan fingerprint density at radius 3 is 2.73 bits per heavy atom. The van der Waals surface area contributed by atoms with Crippen LogP contribution >= 0.6 is 0 Å². The molecule has 154 valence electrons. The van der Waals surface area contributed by atoms with Crippen molar-refractivity contribution in [1.82, 2.24) is 19.7 Å². The second-order valence-electron chi connectivity index (χ2n) is 7.88. The first kappa shape index (κ1) is 19.0. The summed E-state index contributed by atoms with van der Waals surface area (Å²) in [4.78, 5) is 18.9. The maximum Gasteiger partial charge on any atom is 0.272 e. The zero-order valence-electron chi connectivity index (χ0n) is 16.7. The third kappa shape index (κ3) is 3.30. The van der Waals surface area contributed by atoms with Gasteiger partial charge in [-0.15, -0.1) is 0 Å². The molecule has 4 heterocycles. The van der Waals surface area contributed by atoms with E-state index in [1.165, 1.54) is 5.56 Å². The Balaban J connectivity index is 1.36. The largest absolute Gasteiger partial charge is 0.392 e. The Labute approximate surface area is 174 Å². The number of hydrogen-bond donors (Lipinski definition) is 1. The number of para-hydroxylation sites is 1. The van der Waals surface area contributed by atoms with Gasteiger partial charge in [0.05, 0.1) is 24.6 Å². The van der Waals surface area contributed by atoms with E-state index in [0.717, 1.165) is 17.8 Å². The maximum absolute atomic E-state index is 12.9. The first-order valence-electron chi connectivity index (χ1n) is 10.3. The molecule has 0 saturated carbocycles. The van der Waals surface area contributed by atoms with Crippen molar-refractivity contribution in [3.05, 3.63) is 77.4 Å². The highest BCUT2D eigenvalue weighted by atomic mass is 16.5. The summed E-state index contributed by atoms with van der Waals surface area (Å²) in [7, 11) is 0. The minimum absolute atomic E-state index is 0.105. The number of aliphatic hydroxyl groups is 1. The van der Waals surface area contributed by atoms with E-state index in [-0.39, 0.29) is 12.5 Å². The Bertz CT molecular complexity index is 1060. The van der Waals surface area contributed by atoms with Crippen LogP contribution in [-0.2, 0) is 23.4 Å². The molecule has 0 radical (unpaired) electrons. The summed E-state index contributed by atoms with van der Waals surface area (Å²) in [5.41, 5.74) is 3.88. The van der Waals surface area contributed by atoms with Crippen LogP contribution in [0.3, 0.4) is 0 Å². The van der Waals surface area contributed by atoms with Gasteiger partial charge in [-0.1, -0.05) is 18.2 Å². The van der Waals surface area contributed by atoms with E-state index in [4.69, 9.17) is 9.84 Å². The molecule has 5 rings (SSSR count). The van der Waals surface area contributed by atoms with Gasteiger partial charge in [-0.3, -0.25) is 9.78 Å². The van der Waals surface area contributed by atoms with Crippen molar-refractivity contribution in [2.75, 3.05) is 19.7 Å². The Morgan fingerprint density at radius 2 is 1.97 bits per heavy atom. The number of carbonyl (C=O) groups excluding carboxylic acids is 1. The van der Waals surface area contributed by atoms with Crippen molar-refractivity contribution >= 4 is 5.91 Å². The fourth-order valence-corrected chi connectivity index (χ4v) is 4.42. The van der Waals surface area contributed by atoms with E-state index in [9.17, 15) is 9.90 Å². The number of hydrogen-bond acceptors (Lipinski definition) is 5. The van der Waals surface area contributed by atoms with Crippen molar-refractivity contribution in [2.45, 2.75) is 31.5 Å². The van der Waals surface area contributed by atoms with Crippen molar-refractivity contribution in [3.63, 3.8) is 0 Å². The van der Waals surface area contributed by atoms with Gasteiger partial charge in [0.25, 0.3) is 5.91 Å². The first-order valence-corrected chi connectivity index (χ1v) is 10.3. The molecule has 2 aliphatic heterocycles. The fourth-order valence-electron chi connectivity index (χ4n) is 4.42. The molecular weight excluding hydrogens is 380 g/mol. The molecule has 1 N–H and O–H groups in total. The number of aromatic nitrogens is 3. The van der Waals surface area contributed by atoms with Gasteiger partial charge in [-0.25, -0.2) is 4.68 Å². The summed E-state index contributed by atoms with van der Waals surface area (Å²) in [6.07, 6.45) is 5.94. The lowest BCUT2D eigenvalue weighted by atomic mass is 9.83. The molecule has 30 heavy (non-hydrogen) atoms. The number of fused-ring (bicyclic) bond motifs is 2. The number of nitrogens with zero attached hydrogens (tertiary/aromatic N) is 4. The van der Waals surface area contributed by atoms with E-state index in [1.54, 1.807) is 18.3 Å². The van der Waals surface area contributed by atoms with Gasteiger partial charge in [0.15, 0.2) is 0 Å². The third-order valence-corrected chi connectivity index (χ3v) is 6.08. The van der Waals surface area contributed by atoms with Crippen molar-refractivity contribution in [1.29, 1.82) is 0 Å². The smallest absolute Gasteiger partial charge is 0.272 e. The molecule has 0 unspecified atom stereocenters. The normalized spacial score (nSPS) is 17.7. The molecule has 2 aromatic heterocycles. The maximum atomic E-state index is 12.9. The first-order chi connectivity index (χ1) is 14.7. The molecule has 3 aromatic rings. The number of ether oxygens (including phenoxy) is 1. The predicted octanol–water partition coefficient (Wildman–Crippen LogP) is 2.46. The highest BCUT2D eigenvalue weighted by Crippen LogP contribution is 2.41. The minimum Gasteiger partial charge on any atom is -0.392 e. The number of rotatable bonds is 3. The van der Waals surface area contributed by atoms with Crippen LogP contribution in [0.15, 0.2) is 54.9 Å². The summed E-state index contributed by atoms with van der Waals surface area (Å²) in [5, 5.41) is 14.2. The van der Waals surface area contributed by atoms with Crippen LogP contribution in [0, 0.1) is 0 Å². The summed E-state index contributed by atoms with van der Waals surface area (Å²) in [6, 6.07) is 13.5. The summed E-state index contributed by atoms with van der Waals surface area (Å²) in [6.45, 7) is 1.73. The summed E-state index contributed by atoms with van der Waals surface area (Å²) < 4.78 is 8.22. The Kier molecular flexibility index (Phi) is 4.84. The molecule has 0 atom stereocenters. The molecule has 1 spiro atoms. The molecule has 0 aliphatic carbocycles. The molecular formula is C23H24N4O3. The standard InChI is InChI=1S/C23H24N4O3/c28-16-17-6-10-24-20(14-17)22(29)26-11-8-23(9-12-26)21-18(7-13-30-23)15-27(25-21)19-4-2-1-3-5-19/h1-6,10,14-15,28H,7-9,11-13,16H2. The van der Waals surface area contributed by atoms with Gasteiger partial charge >= 0.3 is 0 Å². The number of amides is 1. The highest BCUT2D eigenvalue weighted by Gasteiger charge is 2.44. The van der Waals surface area contributed by atoms with Crippen LogP contribution < -0.4 is 0 Å². The van der Waals surface area contributed by atoms with E-state index in [1.807, 2.05) is 39.9 Å². The highest BCUT2D eigenvalue weighted by molar-refractivity contribution is 5.92. The molecule has 1 fully saturated rings. The number of likely N-dealkylation sites (tertiary alicyclic amines) is 1. The average molecular weight is 404 g/mol. The van der Waals surface area contributed by atoms with Gasteiger partial charge < -0.3 is 14.7 Å². The zero-order chi connectivity index (χ0) is 20.6. The van der Waals surface area contributed by atoms with Crippen molar-refractivity contribution in [3.8, 4) is 5.69 Å². The Morgan fingerprint density at radius 1 is 1.17 bits per heavy atom. The van der Waals surface area contributed by atoms with Crippen LogP contribution in [0.25, 0.3) is 5.69 Å². The molecule has 1 aromatic carbocycles. The molecule has 1 amide bonds. The van der Waals surface area contributed by atoms with Crippen LogP contribution in [-0.4, -0.2) is 50.4 Å². The van der Waals surface area contributed by atoms with Crippen LogP contribution in [0.4, 0.5) is 0 Å². The van der Waals surface area contributed by atoms with Crippen LogP contribution in [0.5, 0.6) is 0 Å². The van der Waals surface area contributed by atoms with Crippen LogP contribution in [0.1, 0.15) is 40.2 Å². The quantitative estimate of drug-likeness (QED) is 0.725. The Hall–Kier alpha value is -3.03. The SMILES string of the molecule is O=C(c1cc(CO)ccn1)N1CCC2(CC1)OCCc1cn(-c3ccccc3)nc12. The van der Waals surface area contributed by atoms with Gasteiger partial charge in [0.2, 0.25) is 0 Å². The van der Waals surface area contributed by atoms with E-state index < -0.39 is 5.60 Å². The monoisotopic (exact) mass is 404 g/mol. The third-order valence-electron chi connectivity index (χ3n) is 6.08. The topological polar surface area (TPSA) is 80.5 Å². The predicted molar refractivity (Wildman–Crippen MR) is 110 cm³/mol. The summed E-state index contributed by atoms with van der Waals surface area (Å²) in [5.74, 6) is -0.106. The number of aliphatic hydroxyl groups excluding tert-OH is 1. The van der Waals surface area contributed by atoms with Gasteiger partial charge in [0.1, 0.15) is 11.3 Å². The second kappa shape index (κ2) is 7.66. The van der Waals surface area contributed by atoms with E-state index >= 15 is 0 Å². The number of carbonyl (C=O) groups is 1. The average Bonchev–Trinajstić information content (AvgIpc) is 3.26. The van der Waals surface area contributed by atoms with Crippen LogP contribution in [0.2, 0.25) is 0 Å².